The van der Waals surface area contributed by atoms with E-state index in [9.17, 15) is 14.3 Å². The highest BCUT2D eigenvalue weighted by Gasteiger charge is 2.62. The van der Waals surface area contributed by atoms with Crippen molar-refractivity contribution >= 4 is 5.91 Å². The molecule has 0 aromatic rings. The number of likely N-dealkylation sites (tertiary alicyclic amines) is 1. The van der Waals surface area contributed by atoms with Gasteiger partial charge in [-0.1, -0.05) is 13.8 Å². The lowest BCUT2D eigenvalue weighted by Gasteiger charge is -2.61. The van der Waals surface area contributed by atoms with Gasteiger partial charge in [0.15, 0.2) is 6.17 Å². The zero-order chi connectivity index (χ0) is 16.6. The monoisotopic (exact) mass is 323 g/mol. The van der Waals surface area contributed by atoms with Gasteiger partial charge in [0.25, 0.3) is 5.91 Å². The molecule has 0 bridgehead atoms. The number of hydrogen-bond donors (Lipinski definition) is 1. The van der Waals surface area contributed by atoms with Crippen molar-refractivity contribution in [3.8, 4) is 0 Å². The van der Waals surface area contributed by atoms with Crippen LogP contribution in [0, 0.1) is 28.6 Å². The Morgan fingerprint density at radius 1 is 1.09 bits per heavy atom. The molecule has 0 aromatic carbocycles. The summed E-state index contributed by atoms with van der Waals surface area (Å²) in [7, 11) is 1.80. The molecule has 3 aliphatic carbocycles. The van der Waals surface area contributed by atoms with E-state index in [1.165, 1.54) is 0 Å². The molecule has 1 amide bonds. The van der Waals surface area contributed by atoms with Gasteiger partial charge >= 0.3 is 0 Å². The second kappa shape index (κ2) is 4.93. The van der Waals surface area contributed by atoms with E-state index in [1.807, 2.05) is 0 Å². The second-order valence-electron chi connectivity index (χ2n) is 9.23. The molecule has 0 spiro atoms. The van der Waals surface area contributed by atoms with Gasteiger partial charge < -0.3 is 10.0 Å². The molecular weight excluding hydrogens is 293 g/mol. The number of piperidine rings is 1. The third kappa shape index (κ3) is 1.93. The Bertz CT molecular complexity index is 525. The minimum Gasteiger partial charge on any atom is -0.393 e. The number of aliphatic hydroxyl groups is 1. The van der Waals surface area contributed by atoms with Gasteiger partial charge in [0.1, 0.15) is 0 Å². The first-order valence-electron chi connectivity index (χ1n) is 9.38. The van der Waals surface area contributed by atoms with Crippen LogP contribution in [0.5, 0.6) is 0 Å². The van der Waals surface area contributed by atoms with Crippen LogP contribution in [-0.2, 0) is 4.79 Å². The SMILES string of the molecule is CN1C(=O)[C@H](F)C[C@]2(C)C3CC[C@]4(C)[C@@H](O)CC[C@H]4C3CC[C@@H]12. The molecule has 4 heteroatoms. The summed E-state index contributed by atoms with van der Waals surface area (Å²) >= 11 is 0. The fraction of sp³-hybridized carbons (Fsp3) is 0.947. The number of fused-ring (bicyclic) bond motifs is 5. The summed E-state index contributed by atoms with van der Waals surface area (Å²) in [4.78, 5) is 13.8. The molecular formula is C19H30FNO2. The molecule has 1 N–H and O–H groups in total. The summed E-state index contributed by atoms with van der Waals surface area (Å²) in [5.41, 5.74) is -0.0320. The van der Waals surface area contributed by atoms with E-state index in [2.05, 4.69) is 13.8 Å². The number of hydrogen-bond acceptors (Lipinski definition) is 2. The van der Waals surface area contributed by atoms with Gasteiger partial charge in [-0.3, -0.25) is 4.79 Å². The molecule has 2 unspecified atom stereocenters. The molecule has 0 aromatic heterocycles. The van der Waals surface area contributed by atoms with E-state index < -0.39 is 6.17 Å². The molecule has 130 valence electrons. The van der Waals surface area contributed by atoms with Gasteiger partial charge in [-0.15, -0.1) is 0 Å². The average Bonchev–Trinajstić information content (AvgIpc) is 2.80. The number of amides is 1. The smallest absolute Gasteiger partial charge is 0.257 e. The van der Waals surface area contributed by atoms with Crippen molar-refractivity contribution in [1.29, 1.82) is 0 Å². The Labute approximate surface area is 138 Å². The molecule has 1 heterocycles. The van der Waals surface area contributed by atoms with Crippen LogP contribution < -0.4 is 0 Å². The summed E-state index contributed by atoms with van der Waals surface area (Å²) < 4.78 is 14.4. The van der Waals surface area contributed by atoms with Gasteiger partial charge in [0, 0.05) is 13.1 Å². The van der Waals surface area contributed by atoms with E-state index >= 15 is 0 Å². The van der Waals surface area contributed by atoms with Crippen molar-refractivity contribution in [2.75, 3.05) is 7.05 Å². The van der Waals surface area contributed by atoms with Crippen molar-refractivity contribution in [2.45, 2.75) is 77.1 Å². The minimum atomic E-state index is -1.33. The average molecular weight is 323 g/mol. The first-order chi connectivity index (χ1) is 10.8. The van der Waals surface area contributed by atoms with Crippen molar-refractivity contribution in [3.05, 3.63) is 0 Å². The zero-order valence-corrected chi connectivity index (χ0v) is 14.6. The standard InChI is InChI=1S/C19H30FNO2/c1-18-9-8-13-11(12(18)5-7-16(18)22)4-6-15-19(13,2)10-14(20)17(23)21(15)3/h11-16,22H,4-10H2,1-3H3/t11?,12-,13?,14+,15+,16-,18-,19+/m0/s1. The highest BCUT2D eigenvalue weighted by atomic mass is 19.1. The lowest BCUT2D eigenvalue weighted by molar-refractivity contribution is -0.170. The normalized spacial score (nSPS) is 56.0. The Morgan fingerprint density at radius 2 is 1.78 bits per heavy atom. The van der Waals surface area contributed by atoms with E-state index in [1.54, 1.807) is 11.9 Å². The van der Waals surface area contributed by atoms with E-state index in [0.717, 1.165) is 38.5 Å². The number of carbonyl (C=O) groups excluding carboxylic acids is 1. The highest BCUT2D eigenvalue weighted by Crippen LogP contribution is 2.64. The Kier molecular flexibility index (Phi) is 3.40. The molecule has 4 fully saturated rings. The quantitative estimate of drug-likeness (QED) is 0.744. The summed E-state index contributed by atoms with van der Waals surface area (Å²) in [6, 6.07) is 0.193. The molecule has 4 aliphatic rings. The van der Waals surface area contributed by atoms with E-state index in [4.69, 9.17) is 0 Å². The first kappa shape index (κ1) is 15.9. The van der Waals surface area contributed by atoms with Gasteiger partial charge in [0.05, 0.1) is 6.10 Å². The van der Waals surface area contributed by atoms with Gasteiger partial charge in [0.2, 0.25) is 0 Å². The fourth-order valence-corrected chi connectivity index (χ4v) is 7.18. The minimum absolute atomic E-state index is 0.0653. The van der Waals surface area contributed by atoms with Crippen molar-refractivity contribution < 1.29 is 14.3 Å². The summed E-state index contributed by atoms with van der Waals surface area (Å²) in [6.07, 6.45) is 5.21. The van der Waals surface area contributed by atoms with Crippen molar-refractivity contribution in [1.82, 2.24) is 4.90 Å². The number of rotatable bonds is 0. The van der Waals surface area contributed by atoms with Crippen LogP contribution in [0.15, 0.2) is 0 Å². The maximum Gasteiger partial charge on any atom is 0.257 e. The number of halogens is 1. The topological polar surface area (TPSA) is 40.5 Å². The number of alkyl halides is 1. The lowest BCUT2D eigenvalue weighted by Crippen LogP contribution is -2.64. The molecule has 3 nitrogen and oxygen atoms in total. The van der Waals surface area contributed by atoms with Crippen molar-refractivity contribution in [3.63, 3.8) is 0 Å². The number of carbonyl (C=O) groups is 1. The predicted octanol–water partition coefficient (Wildman–Crippen LogP) is 3.16. The Morgan fingerprint density at radius 3 is 2.52 bits per heavy atom. The largest absolute Gasteiger partial charge is 0.393 e. The van der Waals surface area contributed by atoms with Crippen LogP contribution in [0.2, 0.25) is 0 Å². The summed E-state index contributed by atoms with van der Waals surface area (Å²) in [5, 5.41) is 10.5. The van der Waals surface area contributed by atoms with E-state index in [0.29, 0.717) is 24.2 Å². The lowest BCUT2D eigenvalue weighted by atomic mass is 9.47. The van der Waals surface area contributed by atoms with E-state index in [-0.39, 0.29) is 28.9 Å². The van der Waals surface area contributed by atoms with Gasteiger partial charge in [-0.05, 0) is 73.5 Å². The Hall–Kier alpha value is -0.640. The zero-order valence-electron chi connectivity index (χ0n) is 14.6. The van der Waals surface area contributed by atoms with Crippen LogP contribution >= 0.6 is 0 Å². The van der Waals surface area contributed by atoms with Gasteiger partial charge in [-0.25, -0.2) is 4.39 Å². The molecule has 4 rings (SSSR count). The first-order valence-corrected chi connectivity index (χ1v) is 9.38. The van der Waals surface area contributed by atoms with Gasteiger partial charge in [-0.2, -0.15) is 0 Å². The van der Waals surface area contributed by atoms with Crippen LogP contribution in [-0.4, -0.2) is 41.3 Å². The third-order valence-electron chi connectivity index (χ3n) is 8.47. The highest BCUT2D eigenvalue weighted by molar-refractivity contribution is 5.82. The summed E-state index contributed by atoms with van der Waals surface area (Å²) in [5.74, 6) is 1.36. The molecule has 1 aliphatic heterocycles. The predicted molar refractivity (Wildman–Crippen MR) is 86.5 cm³/mol. The Balaban J connectivity index is 1.67. The maximum absolute atomic E-state index is 14.4. The second-order valence-corrected chi connectivity index (χ2v) is 9.23. The van der Waals surface area contributed by atoms with Crippen LogP contribution in [0.25, 0.3) is 0 Å². The number of nitrogens with zero attached hydrogens (tertiary/aromatic N) is 1. The molecule has 0 radical (unpaired) electrons. The number of aliphatic hydroxyl groups excluding tert-OH is 1. The van der Waals surface area contributed by atoms with Crippen LogP contribution in [0.1, 0.15) is 58.8 Å². The van der Waals surface area contributed by atoms with Crippen LogP contribution in [0.3, 0.4) is 0 Å². The maximum atomic E-state index is 14.4. The molecule has 1 saturated heterocycles. The molecule has 3 saturated carbocycles. The third-order valence-corrected chi connectivity index (χ3v) is 8.47. The van der Waals surface area contributed by atoms with Crippen molar-refractivity contribution in [2.24, 2.45) is 28.6 Å². The fourth-order valence-electron chi connectivity index (χ4n) is 7.18. The molecule has 23 heavy (non-hydrogen) atoms. The summed E-state index contributed by atoms with van der Waals surface area (Å²) in [6.45, 7) is 4.51. The van der Waals surface area contributed by atoms with Crippen LogP contribution in [0.4, 0.5) is 4.39 Å². The molecule has 8 atom stereocenters.